The molecule has 0 radical (unpaired) electrons. The molecule has 4 saturated carbocycles. The minimum absolute atomic E-state index is 0.0351. The first-order valence-electron chi connectivity index (χ1n) is 13.7. The lowest BCUT2D eigenvalue weighted by atomic mass is 9.40. The van der Waals surface area contributed by atoms with E-state index in [9.17, 15) is 9.90 Å². The predicted molar refractivity (Wildman–Crippen MR) is 128 cm³/mol. The van der Waals surface area contributed by atoms with Crippen molar-refractivity contribution in [3.63, 3.8) is 0 Å². The highest BCUT2D eigenvalue weighted by atomic mass is 16.5. The van der Waals surface area contributed by atoms with E-state index in [0.29, 0.717) is 28.4 Å². The third-order valence-corrected chi connectivity index (χ3v) is 12.2. The van der Waals surface area contributed by atoms with E-state index in [1.807, 2.05) is 13.8 Å². The summed E-state index contributed by atoms with van der Waals surface area (Å²) >= 11 is 0. The number of hydrogen-bond donors (Lipinski definition) is 1. The topological polar surface area (TPSA) is 46.5 Å². The normalized spacial score (nSPS) is 52.9. The van der Waals surface area contributed by atoms with Crippen LogP contribution in [0, 0.1) is 45.8 Å². The lowest BCUT2D eigenvalue weighted by Gasteiger charge is -2.64. The van der Waals surface area contributed by atoms with E-state index >= 15 is 0 Å². The van der Waals surface area contributed by atoms with Gasteiger partial charge >= 0.3 is 0 Å². The summed E-state index contributed by atoms with van der Waals surface area (Å²) in [6.45, 7) is 15.8. The SMILES string of the molecule is CC(C)(O)[C@@H]1CC[C@](C)([C@H]2CC[C@]3(C)[C@@H]4CC[C@H]5C(C)(C)C(=O)CC[C@]5(C)[C@H]4CC[C@@H]23)O1. The second-order valence-electron chi connectivity index (χ2n) is 14.4. The van der Waals surface area contributed by atoms with Gasteiger partial charge in [-0.25, -0.2) is 0 Å². The molecule has 1 aliphatic heterocycles. The molecule has 5 fully saturated rings. The standard InChI is InChI=1S/C29H48O3/c1-25(2)22-11-10-18-19(28(22,6)16-13-23(25)30)8-9-20-21(12-15-27(18,20)5)29(7)17-14-24(32-29)26(3,4)31/h18-22,24,31H,8-17H2,1-7H3/t18-,19+,20+,21+,22+,24+,27-,28-,29-/m1/s1. The van der Waals surface area contributed by atoms with Gasteiger partial charge in [0.2, 0.25) is 0 Å². The Balaban J connectivity index is 1.40. The number of hydrogen-bond acceptors (Lipinski definition) is 3. The summed E-state index contributed by atoms with van der Waals surface area (Å²) in [5.41, 5.74) is -0.250. The highest BCUT2D eigenvalue weighted by Crippen LogP contribution is 2.71. The van der Waals surface area contributed by atoms with Crippen molar-refractivity contribution in [2.24, 2.45) is 45.8 Å². The molecule has 182 valence electrons. The molecule has 1 saturated heterocycles. The summed E-state index contributed by atoms with van der Waals surface area (Å²) in [5.74, 6) is 4.00. The Morgan fingerprint density at radius 3 is 2.00 bits per heavy atom. The van der Waals surface area contributed by atoms with Crippen LogP contribution in [0.2, 0.25) is 0 Å². The Hall–Kier alpha value is -0.410. The van der Waals surface area contributed by atoms with Crippen molar-refractivity contribution in [1.82, 2.24) is 0 Å². The van der Waals surface area contributed by atoms with Crippen molar-refractivity contribution in [2.75, 3.05) is 0 Å². The predicted octanol–water partition coefficient (Wildman–Crippen LogP) is 6.56. The molecule has 0 aromatic carbocycles. The smallest absolute Gasteiger partial charge is 0.138 e. The van der Waals surface area contributed by atoms with Crippen molar-refractivity contribution < 1.29 is 14.6 Å². The summed E-state index contributed by atoms with van der Waals surface area (Å²) in [6, 6.07) is 0. The maximum absolute atomic E-state index is 12.8. The van der Waals surface area contributed by atoms with Crippen molar-refractivity contribution in [2.45, 2.75) is 130 Å². The molecule has 3 nitrogen and oxygen atoms in total. The van der Waals surface area contributed by atoms with Gasteiger partial charge in [0.15, 0.2) is 0 Å². The number of carbonyl (C=O) groups is 1. The Bertz CT molecular complexity index is 780. The summed E-state index contributed by atoms with van der Waals surface area (Å²) in [5, 5.41) is 10.6. The molecule has 5 rings (SSSR count). The highest BCUT2D eigenvalue weighted by molar-refractivity contribution is 5.85. The first kappa shape index (κ1) is 23.3. The van der Waals surface area contributed by atoms with E-state index in [0.717, 1.165) is 43.4 Å². The number of ether oxygens (including phenoxy) is 1. The molecule has 0 bridgehead atoms. The lowest BCUT2D eigenvalue weighted by Crippen LogP contribution is -2.59. The van der Waals surface area contributed by atoms with E-state index in [-0.39, 0.29) is 17.1 Å². The van der Waals surface area contributed by atoms with Gasteiger partial charge in [-0.3, -0.25) is 4.79 Å². The first-order chi connectivity index (χ1) is 14.7. The van der Waals surface area contributed by atoms with Crippen LogP contribution in [0.3, 0.4) is 0 Å². The Kier molecular flexibility index (Phi) is 5.15. The number of fused-ring (bicyclic) bond motifs is 5. The molecule has 0 unspecified atom stereocenters. The van der Waals surface area contributed by atoms with Crippen molar-refractivity contribution in [3.8, 4) is 0 Å². The zero-order valence-corrected chi connectivity index (χ0v) is 21.8. The van der Waals surface area contributed by atoms with E-state index in [2.05, 4.69) is 34.6 Å². The van der Waals surface area contributed by atoms with Crippen molar-refractivity contribution >= 4 is 5.78 Å². The maximum atomic E-state index is 12.8. The zero-order valence-electron chi connectivity index (χ0n) is 21.8. The van der Waals surface area contributed by atoms with Crippen LogP contribution in [-0.2, 0) is 9.53 Å². The third kappa shape index (κ3) is 3.08. The van der Waals surface area contributed by atoms with Gasteiger partial charge in [-0.2, -0.15) is 0 Å². The van der Waals surface area contributed by atoms with E-state index in [4.69, 9.17) is 4.74 Å². The summed E-state index contributed by atoms with van der Waals surface area (Å²) in [7, 11) is 0. The molecular formula is C29H48O3. The van der Waals surface area contributed by atoms with Gasteiger partial charge in [-0.15, -0.1) is 0 Å². The average Bonchev–Trinajstić information content (AvgIpc) is 3.27. The summed E-state index contributed by atoms with van der Waals surface area (Å²) in [4.78, 5) is 12.8. The second-order valence-corrected chi connectivity index (χ2v) is 14.4. The fourth-order valence-electron chi connectivity index (χ4n) is 10.4. The van der Waals surface area contributed by atoms with Crippen LogP contribution in [0.5, 0.6) is 0 Å². The quantitative estimate of drug-likeness (QED) is 0.525. The first-order valence-corrected chi connectivity index (χ1v) is 13.7. The highest BCUT2D eigenvalue weighted by Gasteiger charge is 2.65. The molecule has 4 aliphatic carbocycles. The van der Waals surface area contributed by atoms with Crippen LogP contribution in [0.1, 0.15) is 113 Å². The fraction of sp³-hybridized carbons (Fsp3) is 0.966. The van der Waals surface area contributed by atoms with E-state index in [1.165, 1.54) is 38.5 Å². The van der Waals surface area contributed by atoms with Gasteiger partial charge in [-0.1, -0.05) is 27.7 Å². The monoisotopic (exact) mass is 444 g/mol. The van der Waals surface area contributed by atoms with Gasteiger partial charge in [0.1, 0.15) is 5.78 Å². The molecule has 3 heteroatoms. The molecule has 1 N–H and O–H groups in total. The molecule has 5 aliphatic rings. The number of ketones is 1. The van der Waals surface area contributed by atoms with Gasteiger partial charge < -0.3 is 9.84 Å². The summed E-state index contributed by atoms with van der Waals surface area (Å²) < 4.78 is 6.68. The van der Waals surface area contributed by atoms with Crippen LogP contribution < -0.4 is 0 Å². The number of carbonyl (C=O) groups excluding carboxylic acids is 1. The third-order valence-electron chi connectivity index (χ3n) is 12.2. The van der Waals surface area contributed by atoms with Crippen LogP contribution in [0.4, 0.5) is 0 Å². The largest absolute Gasteiger partial charge is 0.388 e. The minimum Gasteiger partial charge on any atom is -0.388 e. The van der Waals surface area contributed by atoms with Crippen LogP contribution in [0.15, 0.2) is 0 Å². The van der Waals surface area contributed by atoms with E-state index in [1.54, 1.807) is 0 Å². The van der Waals surface area contributed by atoms with Gasteiger partial charge in [0.25, 0.3) is 0 Å². The van der Waals surface area contributed by atoms with Gasteiger partial charge in [-0.05, 0) is 119 Å². The van der Waals surface area contributed by atoms with Crippen molar-refractivity contribution in [3.05, 3.63) is 0 Å². The molecule has 1 heterocycles. The second kappa shape index (κ2) is 7.06. The van der Waals surface area contributed by atoms with E-state index < -0.39 is 5.60 Å². The van der Waals surface area contributed by atoms with Gasteiger partial charge in [0.05, 0.1) is 17.3 Å². The Labute approximate surface area is 196 Å². The van der Waals surface area contributed by atoms with Crippen molar-refractivity contribution in [1.29, 1.82) is 0 Å². The molecule has 32 heavy (non-hydrogen) atoms. The molecule has 0 aromatic heterocycles. The Morgan fingerprint density at radius 1 is 0.781 bits per heavy atom. The minimum atomic E-state index is -0.754. The van der Waals surface area contributed by atoms with Crippen LogP contribution in [0.25, 0.3) is 0 Å². The summed E-state index contributed by atoms with van der Waals surface area (Å²) in [6.07, 6.45) is 11.8. The molecule has 0 aromatic rings. The molecule has 0 amide bonds. The zero-order chi connectivity index (χ0) is 23.3. The van der Waals surface area contributed by atoms with Gasteiger partial charge in [0, 0.05) is 11.8 Å². The fourth-order valence-corrected chi connectivity index (χ4v) is 10.4. The lowest BCUT2D eigenvalue weighted by molar-refractivity contribution is -0.177. The maximum Gasteiger partial charge on any atom is 0.138 e. The van der Waals surface area contributed by atoms with Crippen LogP contribution in [-0.4, -0.2) is 28.2 Å². The van der Waals surface area contributed by atoms with Crippen LogP contribution >= 0.6 is 0 Å². The average molecular weight is 445 g/mol. The molecular weight excluding hydrogens is 396 g/mol. The number of rotatable bonds is 2. The Morgan fingerprint density at radius 2 is 1.38 bits per heavy atom. The number of Topliss-reactive ketones (excluding diaryl/α,β-unsaturated/α-hetero) is 1. The number of aliphatic hydroxyl groups is 1. The molecule has 9 atom stereocenters. The molecule has 0 spiro atoms.